The molecular weight excluding hydrogens is 397 g/mol. The molecule has 1 saturated heterocycles. The highest BCUT2D eigenvalue weighted by Crippen LogP contribution is 2.22. The molecular formula is C20H24FN3O4S. The van der Waals surface area contributed by atoms with Crippen LogP contribution in [0.25, 0.3) is 0 Å². The van der Waals surface area contributed by atoms with Crippen LogP contribution in [0.5, 0.6) is 0 Å². The predicted molar refractivity (Wildman–Crippen MR) is 108 cm³/mol. The molecule has 1 amide bonds. The molecule has 0 spiro atoms. The Morgan fingerprint density at radius 3 is 2.41 bits per heavy atom. The van der Waals surface area contributed by atoms with Gasteiger partial charge in [-0.15, -0.1) is 0 Å². The Labute approximate surface area is 169 Å². The van der Waals surface area contributed by atoms with E-state index >= 15 is 0 Å². The van der Waals surface area contributed by atoms with Crippen molar-refractivity contribution >= 4 is 21.6 Å². The number of likely N-dealkylation sites (N-methyl/N-ethyl adjacent to an activating group) is 1. The summed E-state index contributed by atoms with van der Waals surface area (Å²) in [4.78, 5) is 26.3. The summed E-state index contributed by atoms with van der Waals surface area (Å²) in [6.45, 7) is 2.50. The number of piperidine rings is 1. The zero-order valence-electron chi connectivity index (χ0n) is 16.4. The van der Waals surface area contributed by atoms with Crippen LogP contribution in [0.2, 0.25) is 0 Å². The van der Waals surface area contributed by atoms with Crippen molar-refractivity contribution in [3.63, 3.8) is 0 Å². The molecule has 0 atom stereocenters. The van der Waals surface area contributed by atoms with Gasteiger partial charge in [-0.3, -0.25) is 9.59 Å². The molecule has 9 heteroatoms. The molecule has 1 aliphatic heterocycles. The van der Waals surface area contributed by atoms with Crippen LogP contribution in [0.15, 0.2) is 52.3 Å². The number of hydrogen-bond acceptors (Lipinski definition) is 4. The smallest absolute Gasteiger partial charge is 0.271 e. The van der Waals surface area contributed by atoms with Crippen molar-refractivity contribution in [3.05, 3.63) is 58.8 Å². The SMILES string of the molecule is CC1CCN(S(=O)(=O)c2cccn(CC(=O)N(C)c3ccc(F)cc3)c2=O)CC1. The number of aromatic nitrogens is 1. The minimum Gasteiger partial charge on any atom is -0.314 e. The monoisotopic (exact) mass is 421 g/mol. The Morgan fingerprint density at radius 2 is 1.79 bits per heavy atom. The first-order chi connectivity index (χ1) is 13.7. The molecule has 2 heterocycles. The number of anilines is 1. The Bertz CT molecular complexity index is 1040. The fourth-order valence-electron chi connectivity index (χ4n) is 3.26. The van der Waals surface area contributed by atoms with Crippen molar-refractivity contribution in [2.75, 3.05) is 25.0 Å². The van der Waals surface area contributed by atoms with Crippen molar-refractivity contribution in [3.8, 4) is 0 Å². The van der Waals surface area contributed by atoms with Crippen LogP contribution < -0.4 is 10.5 Å². The average Bonchev–Trinajstić information content (AvgIpc) is 2.69. The van der Waals surface area contributed by atoms with Gasteiger partial charge in [0.05, 0.1) is 0 Å². The van der Waals surface area contributed by atoms with Crippen molar-refractivity contribution < 1.29 is 17.6 Å². The summed E-state index contributed by atoms with van der Waals surface area (Å²) in [5, 5.41) is 0. The normalized spacial score (nSPS) is 16.0. The van der Waals surface area contributed by atoms with E-state index < -0.39 is 27.3 Å². The first-order valence-electron chi connectivity index (χ1n) is 9.42. The topological polar surface area (TPSA) is 79.7 Å². The number of nitrogens with zero attached hydrogens (tertiary/aromatic N) is 3. The van der Waals surface area contributed by atoms with Crippen molar-refractivity contribution in [1.82, 2.24) is 8.87 Å². The zero-order valence-corrected chi connectivity index (χ0v) is 17.2. The first-order valence-corrected chi connectivity index (χ1v) is 10.9. The number of benzene rings is 1. The van der Waals surface area contributed by atoms with Crippen LogP contribution in [0.4, 0.5) is 10.1 Å². The summed E-state index contributed by atoms with van der Waals surface area (Å²) < 4.78 is 41.3. The van der Waals surface area contributed by atoms with E-state index in [2.05, 4.69) is 6.92 Å². The van der Waals surface area contributed by atoms with Gasteiger partial charge >= 0.3 is 0 Å². The summed E-state index contributed by atoms with van der Waals surface area (Å²) in [5.41, 5.74) is -0.261. The summed E-state index contributed by atoms with van der Waals surface area (Å²) in [7, 11) is -2.41. The summed E-state index contributed by atoms with van der Waals surface area (Å²) in [6.07, 6.45) is 2.89. The maximum atomic E-state index is 13.1. The number of sulfonamides is 1. The van der Waals surface area contributed by atoms with Gasteiger partial charge in [0.15, 0.2) is 0 Å². The molecule has 0 bridgehead atoms. The standard InChI is InChI=1S/C20H24FN3O4S/c1-15-9-12-24(13-10-15)29(27,28)18-4-3-11-23(20(18)26)14-19(25)22(2)17-7-5-16(21)6-8-17/h3-8,11,15H,9-10,12-14H2,1-2H3. The first kappa shape index (κ1) is 21.2. The minimum absolute atomic E-state index is 0.326. The van der Waals surface area contributed by atoms with Gasteiger partial charge in [0.1, 0.15) is 17.3 Å². The van der Waals surface area contributed by atoms with Crippen LogP contribution in [-0.4, -0.2) is 43.3 Å². The van der Waals surface area contributed by atoms with Crippen molar-refractivity contribution in [2.45, 2.75) is 31.2 Å². The second-order valence-electron chi connectivity index (χ2n) is 7.32. The minimum atomic E-state index is -3.92. The second kappa shape index (κ2) is 8.46. The molecule has 1 aliphatic rings. The molecule has 156 valence electrons. The highest BCUT2D eigenvalue weighted by atomic mass is 32.2. The fraction of sp³-hybridized carbons (Fsp3) is 0.400. The van der Waals surface area contributed by atoms with E-state index in [0.29, 0.717) is 24.7 Å². The van der Waals surface area contributed by atoms with Gasteiger partial charge in [-0.25, -0.2) is 12.8 Å². The van der Waals surface area contributed by atoms with Gasteiger partial charge in [0.2, 0.25) is 15.9 Å². The zero-order chi connectivity index (χ0) is 21.2. The highest BCUT2D eigenvalue weighted by molar-refractivity contribution is 7.89. The van der Waals surface area contributed by atoms with Crippen LogP contribution in [-0.2, 0) is 21.4 Å². The Morgan fingerprint density at radius 1 is 1.17 bits per heavy atom. The lowest BCUT2D eigenvalue weighted by molar-refractivity contribution is -0.118. The van der Waals surface area contributed by atoms with E-state index in [1.165, 1.54) is 58.8 Å². The van der Waals surface area contributed by atoms with Crippen LogP contribution in [0.1, 0.15) is 19.8 Å². The highest BCUT2D eigenvalue weighted by Gasteiger charge is 2.30. The van der Waals surface area contributed by atoms with Crippen LogP contribution in [0.3, 0.4) is 0 Å². The van der Waals surface area contributed by atoms with Gasteiger partial charge in [0, 0.05) is 32.0 Å². The predicted octanol–water partition coefficient (Wildman–Crippen LogP) is 2.07. The molecule has 7 nitrogen and oxygen atoms in total. The number of carbonyl (C=O) groups is 1. The maximum Gasteiger partial charge on any atom is 0.271 e. The van der Waals surface area contributed by atoms with Gasteiger partial charge in [0.25, 0.3) is 5.56 Å². The number of halogens is 1. The molecule has 0 saturated carbocycles. The average molecular weight is 421 g/mol. The van der Waals surface area contributed by atoms with Gasteiger partial charge in [-0.05, 0) is 55.2 Å². The molecule has 0 aliphatic carbocycles. The van der Waals surface area contributed by atoms with E-state index in [9.17, 15) is 22.4 Å². The molecule has 1 aromatic heterocycles. The number of hydrogen-bond donors (Lipinski definition) is 0. The molecule has 0 unspecified atom stereocenters. The van der Waals surface area contributed by atoms with E-state index in [0.717, 1.165) is 17.4 Å². The molecule has 1 fully saturated rings. The molecule has 1 aromatic carbocycles. The van der Waals surface area contributed by atoms with Crippen LogP contribution >= 0.6 is 0 Å². The third-order valence-corrected chi connectivity index (χ3v) is 7.15. The summed E-state index contributed by atoms with van der Waals surface area (Å²) >= 11 is 0. The molecule has 29 heavy (non-hydrogen) atoms. The second-order valence-corrected chi connectivity index (χ2v) is 9.23. The van der Waals surface area contributed by atoms with E-state index in [-0.39, 0.29) is 11.4 Å². The molecule has 0 radical (unpaired) electrons. The van der Waals surface area contributed by atoms with Crippen molar-refractivity contribution in [1.29, 1.82) is 0 Å². The lowest BCUT2D eigenvalue weighted by Gasteiger charge is -2.29. The third-order valence-electron chi connectivity index (χ3n) is 5.24. The van der Waals surface area contributed by atoms with E-state index in [1.54, 1.807) is 0 Å². The lowest BCUT2D eigenvalue weighted by Crippen LogP contribution is -2.41. The Hall–Kier alpha value is -2.52. The maximum absolute atomic E-state index is 13.1. The summed E-state index contributed by atoms with van der Waals surface area (Å²) in [6, 6.07) is 8.10. The largest absolute Gasteiger partial charge is 0.314 e. The fourth-order valence-corrected chi connectivity index (χ4v) is 4.82. The Kier molecular flexibility index (Phi) is 6.18. The Balaban J connectivity index is 1.82. The van der Waals surface area contributed by atoms with Crippen molar-refractivity contribution in [2.24, 2.45) is 5.92 Å². The van der Waals surface area contributed by atoms with Crippen LogP contribution in [0, 0.1) is 11.7 Å². The number of carbonyl (C=O) groups excluding carboxylic acids is 1. The number of rotatable bonds is 5. The van der Waals surface area contributed by atoms with Gasteiger partial charge < -0.3 is 9.47 Å². The van der Waals surface area contributed by atoms with E-state index in [4.69, 9.17) is 0 Å². The molecule has 3 rings (SSSR count). The number of amides is 1. The third kappa shape index (κ3) is 4.56. The number of pyridine rings is 1. The molecule has 2 aromatic rings. The van der Waals surface area contributed by atoms with E-state index in [1.807, 2.05) is 0 Å². The molecule has 0 N–H and O–H groups in total. The van der Waals surface area contributed by atoms with Gasteiger partial charge in [-0.2, -0.15) is 4.31 Å². The summed E-state index contributed by atoms with van der Waals surface area (Å²) in [5.74, 6) is -0.399. The lowest BCUT2D eigenvalue weighted by atomic mass is 10.0. The van der Waals surface area contributed by atoms with Gasteiger partial charge in [-0.1, -0.05) is 6.92 Å². The quantitative estimate of drug-likeness (QED) is 0.740.